The highest BCUT2D eigenvalue weighted by molar-refractivity contribution is 5.60. The topological polar surface area (TPSA) is 21.6 Å². The average molecular weight is 139 g/mol. The van der Waals surface area contributed by atoms with Gasteiger partial charge in [-0.15, -0.1) is 5.92 Å². The van der Waals surface area contributed by atoms with Crippen molar-refractivity contribution in [3.63, 3.8) is 0 Å². The Hall–Kier alpha value is -0.970. The number of unbranched alkanes of at least 4 members (excludes halogenated alkanes) is 1. The number of nitrogens with zero attached hydrogens (tertiary/aromatic N) is 1. The van der Waals surface area contributed by atoms with Crippen molar-refractivity contribution in [2.45, 2.75) is 26.2 Å². The third-order valence-corrected chi connectivity index (χ3v) is 0.873. The molecule has 0 spiro atoms. The summed E-state index contributed by atoms with van der Waals surface area (Å²) in [7, 11) is 1.52. The molecular weight excluding hydrogens is 126 g/mol. The molecule has 2 nitrogen and oxygen atoms in total. The molecule has 0 heterocycles. The van der Waals surface area contributed by atoms with Gasteiger partial charge in [0.1, 0.15) is 7.11 Å². The molecule has 56 valence electrons. The van der Waals surface area contributed by atoms with E-state index in [-0.39, 0.29) is 0 Å². The van der Waals surface area contributed by atoms with Gasteiger partial charge < -0.3 is 4.84 Å². The molecule has 0 bridgehead atoms. The van der Waals surface area contributed by atoms with Crippen LogP contribution in [0.3, 0.4) is 0 Å². The van der Waals surface area contributed by atoms with Crippen LogP contribution in [-0.2, 0) is 4.84 Å². The smallest absolute Gasteiger partial charge is 0.106 e. The Morgan fingerprint density at radius 2 is 2.30 bits per heavy atom. The Morgan fingerprint density at radius 3 is 2.90 bits per heavy atom. The molecule has 0 fully saturated rings. The van der Waals surface area contributed by atoms with Gasteiger partial charge in [-0.3, -0.25) is 0 Å². The molecule has 2 heteroatoms. The fourth-order valence-electron chi connectivity index (χ4n) is 0.443. The second kappa shape index (κ2) is 8.03. The lowest BCUT2D eigenvalue weighted by Gasteiger charge is -1.80. The lowest BCUT2D eigenvalue weighted by atomic mass is 10.3. The number of oxime groups is 1. The van der Waals surface area contributed by atoms with Crippen molar-refractivity contribution in [1.29, 1.82) is 0 Å². The van der Waals surface area contributed by atoms with Crippen LogP contribution in [0.1, 0.15) is 26.2 Å². The van der Waals surface area contributed by atoms with Crippen LogP contribution in [0.2, 0.25) is 0 Å². The van der Waals surface area contributed by atoms with E-state index in [1.165, 1.54) is 7.11 Å². The summed E-state index contributed by atoms with van der Waals surface area (Å²) < 4.78 is 0. The fourth-order valence-corrected chi connectivity index (χ4v) is 0.443. The fraction of sp³-hybridized carbons (Fsp3) is 0.625. The summed E-state index contributed by atoms with van der Waals surface area (Å²) in [6.07, 6.45) is 4.44. The summed E-state index contributed by atoms with van der Waals surface area (Å²) >= 11 is 0. The number of rotatable bonds is 3. The molecule has 0 aromatic heterocycles. The van der Waals surface area contributed by atoms with Gasteiger partial charge in [-0.25, -0.2) is 0 Å². The van der Waals surface area contributed by atoms with Crippen LogP contribution < -0.4 is 0 Å². The van der Waals surface area contributed by atoms with Gasteiger partial charge in [-0.2, -0.15) is 0 Å². The molecule has 0 saturated heterocycles. The number of hydrogen-bond acceptors (Lipinski definition) is 2. The molecule has 0 N–H and O–H groups in total. The normalized spacial score (nSPS) is 9.00. The van der Waals surface area contributed by atoms with Crippen molar-refractivity contribution < 1.29 is 4.84 Å². The van der Waals surface area contributed by atoms with E-state index in [4.69, 9.17) is 0 Å². The summed E-state index contributed by atoms with van der Waals surface area (Å²) in [5.74, 6) is 5.94. The lowest BCUT2D eigenvalue weighted by Crippen LogP contribution is -1.72. The zero-order valence-corrected chi connectivity index (χ0v) is 6.55. The average Bonchev–Trinajstić information content (AvgIpc) is 1.97. The predicted molar refractivity (Wildman–Crippen MR) is 42.8 cm³/mol. The molecule has 0 aliphatic carbocycles. The maximum atomic E-state index is 4.45. The van der Waals surface area contributed by atoms with Crippen LogP contribution in [-0.4, -0.2) is 13.3 Å². The number of hydrogen-bond donors (Lipinski definition) is 0. The molecule has 0 amide bonds. The highest BCUT2D eigenvalue weighted by Crippen LogP contribution is 1.81. The van der Waals surface area contributed by atoms with Gasteiger partial charge in [0.05, 0.1) is 6.21 Å². The largest absolute Gasteiger partial charge is 0.399 e. The second-order valence-corrected chi connectivity index (χ2v) is 1.78. The minimum atomic E-state index is 0.688. The van der Waals surface area contributed by atoms with Gasteiger partial charge in [0.25, 0.3) is 0 Å². The standard InChI is InChI=1S/C8H13NO/c1-3-4-5-6-7-8-9-10-2/h8H,3-4,7H2,1-2H3. The molecule has 0 aliphatic rings. The van der Waals surface area contributed by atoms with Crippen molar-refractivity contribution in [2.24, 2.45) is 5.16 Å². The first-order valence-electron chi connectivity index (χ1n) is 3.42. The molecule has 0 radical (unpaired) electrons. The third kappa shape index (κ3) is 7.03. The molecule has 0 saturated carbocycles. The first-order chi connectivity index (χ1) is 4.91. The van der Waals surface area contributed by atoms with Crippen molar-refractivity contribution in [3.05, 3.63) is 0 Å². The Kier molecular flexibility index (Phi) is 7.25. The summed E-state index contributed by atoms with van der Waals surface area (Å²) in [6.45, 7) is 2.11. The van der Waals surface area contributed by atoms with Gasteiger partial charge in [0.15, 0.2) is 0 Å². The monoisotopic (exact) mass is 139 g/mol. The maximum absolute atomic E-state index is 4.45. The highest BCUT2D eigenvalue weighted by Gasteiger charge is 1.70. The Morgan fingerprint density at radius 1 is 1.50 bits per heavy atom. The molecule has 0 atom stereocenters. The van der Waals surface area contributed by atoms with E-state index in [2.05, 4.69) is 28.8 Å². The van der Waals surface area contributed by atoms with Crippen LogP contribution in [0, 0.1) is 11.8 Å². The van der Waals surface area contributed by atoms with E-state index in [9.17, 15) is 0 Å². The SMILES string of the molecule is CCCC#CCC=NOC. The van der Waals surface area contributed by atoms with Crippen molar-refractivity contribution >= 4 is 6.21 Å². The van der Waals surface area contributed by atoms with Crippen molar-refractivity contribution in [1.82, 2.24) is 0 Å². The van der Waals surface area contributed by atoms with Gasteiger partial charge in [-0.1, -0.05) is 18.0 Å². The highest BCUT2D eigenvalue weighted by atomic mass is 16.6. The summed E-state index contributed by atoms with van der Waals surface area (Å²) in [5.41, 5.74) is 0. The van der Waals surface area contributed by atoms with Crippen LogP contribution in [0.15, 0.2) is 5.16 Å². The van der Waals surface area contributed by atoms with Crippen LogP contribution in [0.5, 0.6) is 0 Å². The van der Waals surface area contributed by atoms with E-state index in [1.54, 1.807) is 6.21 Å². The molecule has 0 unspecified atom stereocenters. The molecule has 0 aromatic rings. The zero-order valence-electron chi connectivity index (χ0n) is 6.55. The first kappa shape index (κ1) is 9.03. The molecule has 10 heavy (non-hydrogen) atoms. The van der Waals surface area contributed by atoms with E-state index in [1.807, 2.05) is 0 Å². The van der Waals surface area contributed by atoms with Gasteiger partial charge in [-0.05, 0) is 6.42 Å². The van der Waals surface area contributed by atoms with Crippen LogP contribution in [0.4, 0.5) is 0 Å². The third-order valence-electron chi connectivity index (χ3n) is 0.873. The summed E-state index contributed by atoms with van der Waals surface area (Å²) in [5, 5.41) is 3.54. The van der Waals surface area contributed by atoms with Gasteiger partial charge in [0.2, 0.25) is 0 Å². The Labute approximate surface area is 62.3 Å². The Bertz CT molecular complexity index is 141. The van der Waals surface area contributed by atoms with Crippen molar-refractivity contribution in [3.8, 4) is 11.8 Å². The van der Waals surface area contributed by atoms with E-state index < -0.39 is 0 Å². The van der Waals surface area contributed by atoms with Crippen molar-refractivity contribution in [2.75, 3.05) is 7.11 Å². The molecule has 0 aromatic carbocycles. The van der Waals surface area contributed by atoms with E-state index >= 15 is 0 Å². The van der Waals surface area contributed by atoms with Gasteiger partial charge in [0, 0.05) is 12.8 Å². The minimum absolute atomic E-state index is 0.688. The lowest BCUT2D eigenvalue weighted by molar-refractivity contribution is 0.215. The van der Waals surface area contributed by atoms with Gasteiger partial charge >= 0.3 is 0 Å². The minimum Gasteiger partial charge on any atom is -0.399 e. The van der Waals surface area contributed by atoms with Crippen LogP contribution in [0.25, 0.3) is 0 Å². The second-order valence-electron chi connectivity index (χ2n) is 1.78. The maximum Gasteiger partial charge on any atom is 0.106 e. The van der Waals surface area contributed by atoms with Crippen LogP contribution >= 0.6 is 0 Å². The molecule has 0 aliphatic heterocycles. The Balaban J connectivity index is 3.19. The predicted octanol–water partition coefficient (Wildman–Crippen LogP) is 1.81. The summed E-state index contributed by atoms with van der Waals surface area (Å²) in [4.78, 5) is 4.45. The quantitative estimate of drug-likeness (QED) is 0.332. The molecular formula is C8H13NO. The summed E-state index contributed by atoms with van der Waals surface area (Å²) in [6, 6.07) is 0. The van der Waals surface area contributed by atoms with E-state index in [0.717, 1.165) is 12.8 Å². The van der Waals surface area contributed by atoms with E-state index in [0.29, 0.717) is 6.42 Å². The zero-order chi connectivity index (χ0) is 7.66. The molecule has 0 rings (SSSR count). The first-order valence-corrected chi connectivity index (χ1v) is 3.42.